The van der Waals surface area contributed by atoms with Gasteiger partial charge in [-0.05, 0) is 13.8 Å². The van der Waals surface area contributed by atoms with Gasteiger partial charge in [0.1, 0.15) is 6.17 Å². The van der Waals surface area contributed by atoms with Gasteiger partial charge in [0.05, 0.1) is 11.3 Å². The van der Waals surface area contributed by atoms with E-state index >= 15 is 0 Å². The molecule has 3 rings (SSSR count). The first kappa shape index (κ1) is 12.8. The van der Waals surface area contributed by atoms with Crippen LogP contribution in [0.3, 0.4) is 0 Å². The lowest BCUT2D eigenvalue weighted by Gasteiger charge is -2.41. The fourth-order valence-corrected chi connectivity index (χ4v) is 3.94. The predicted octanol–water partition coefficient (Wildman–Crippen LogP) is 0.623. The highest BCUT2D eigenvalue weighted by Crippen LogP contribution is 2.40. The fraction of sp³-hybridized carbons (Fsp3) is 0.909. The van der Waals surface area contributed by atoms with Gasteiger partial charge in [-0.15, -0.1) is 0 Å². The standard InChI is InChI=1S/C11H20N2O3S/c1-7(2)11(14)13-9-5-10(13)12(6-9)17(15,16)8(3)4/h7-10H,5-6H2,1-4H3. The van der Waals surface area contributed by atoms with Gasteiger partial charge in [-0.1, -0.05) is 13.8 Å². The third kappa shape index (κ3) is 1.78. The highest BCUT2D eigenvalue weighted by molar-refractivity contribution is 7.89. The summed E-state index contributed by atoms with van der Waals surface area (Å²) in [6.45, 7) is 7.53. The minimum Gasteiger partial charge on any atom is -0.321 e. The van der Waals surface area contributed by atoms with Gasteiger partial charge >= 0.3 is 0 Å². The largest absolute Gasteiger partial charge is 0.321 e. The van der Waals surface area contributed by atoms with Crippen molar-refractivity contribution in [1.82, 2.24) is 9.21 Å². The third-order valence-electron chi connectivity index (χ3n) is 3.59. The first-order valence-electron chi connectivity index (χ1n) is 6.09. The molecule has 0 aliphatic carbocycles. The summed E-state index contributed by atoms with van der Waals surface area (Å²) in [6.07, 6.45) is 0.576. The zero-order valence-electron chi connectivity index (χ0n) is 10.8. The van der Waals surface area contributed by atoms with Crippen LogP contribution in [0, 0.1) is 5.92 Å². The average molecular weight is 260 g/mol. The molecule has 0 aromatic heterocycles. The smallest absolute Gasteiger partial charge is 0.226 e. The van der Waals surface area contributed by atoms with E-state index in [9.17, 15) is 13.2 Å². The summed E-state index contributed by atoms with van der Waals surface area (Å²) in [5.74, 6) is -0.00490. The summed E-state index contributed by atoms with van der Waals surface area (Å²) in [5.41, 5.74) is 0. The summed E-state index contributed by atoms with van der Waals surface area (Å²) in [7, 11) is -3.24. The molecule has 3 heterocycles. The van der Waals surface area contributed by atoms with Gasteiger partial charge in [0, 0.05) is 18.9 Å². The summed E-state index contributed by atoms with van der Waals surface area (Å²) >= 11 is 0. The van der Waals surface area contributed by atoms with E-state index in [-0.39, 0.29) is 24.0 Å². The zero-order chi connectivity index (χ0) is 13.0. The number of fused-ring (bicyclic) bond motifs is 1. The van der Waals surface area contributed by atoms with Gasteiger partial charge < -0.3 is 4.90 Å². The molecule has 2 atom stereocenters. The molecular weight excluding hydrogens is 240 g/mol. The van der Waals surface area contributed by atoms with Crippen LogP contribution in [0.2, 0.25) is 0 Å². The molecule has 17 heavy (non-hydrogen) atoms. The molecule has 3 aliphatic heterocycles. The Morgan fingerprint density at radius 1 is 1.24 bits per heavy atom. The fourth-order valence-electron chi connectivity index (χ4n) is 2.49. The van der Waals surface area contributed by atoms with Crippen molar-refractivity contribution in [2.24, 2.45) is 5.92 Å². The quantitative estimate of drug-likeness (QED) is 0.747. The number of amides is 1. The second-order valence-electron chi connectivity index (χ2n) is 5.43. The van der Waals surface area contributed by atoms with E-state index in [0.29, 0.717) is 6.54 Å². The summed E-state index contributed by atoms with van der Waals surface area (Å²) in [6, 6.07) is 0.100. The van der Waals surface area contributed by atoms with Gasteiger partial charge in [0.2, 0.25) is 15.9 Å². The van der Waals surface area contributed by atoms with Crippen LogP contribution in [0.15, 0.2) is 0 Å². The van der Waals surface area contributed by atoms with E-state index in [1.54, 1.807) is 18.7 Å². The summed E-state index contributed by atoms with van der Waals surface area (Å²) < 4.78 is 25.7. The monoisotopic (exact) mass is 260 g/mol. The molecule has 0 spiro atoms. The van der Waals surface area contributed by atoms with E-state index in [2.05, 4.69) is 0 Å². The van der Waals surface area contributed by atoms with Crippen molar-refractivity contribution in [2.45, 2.75) is 51.6 Å². The number of sulfonamides is 1. The van der Waals surface area contributed by atoms with Crippen molar-refractivity contribution in [3.8, 4) is 0 Å². The molecule has 0 aromatic rings. The molecule has 3 saturated heterocycles. The van der Waals surface area contributed by atoms with Gasteiger partial charge in [0.25, 0.3) is 0 Å². The zero-order valence-corrected chi connectivity index (χ0v) is 11.6. The Balaban J connectivity index is 2.17. The Bertz CT molecular complexity index is 430. The van der Waals surface area contributed by atoms with E-state index in [4.69, 9.17) is 0 Å². The van der Waals surface area contributed by atoms with E-state index in [1.165, 1.54) is 4.31 Å². The number of hydrogen-bond acceptors (Lipinski definition) is 3. The maximum absolute atomic E-state index is 12.1. The first-order chi connectivity index (χ1) is 7.76. The van der Waals surface area contributed by atoms with E-state index in [0.717, 1.165) is 6.42 Å². The lowest BCUT2D eigenvalue weighted by molar-refractivity contribution is -0.144. The maximum atomic E-state index is 12.1. The molecule has 5 nitrogen and oxygen atoms in total. The molecule has 0 aromatic carbocycles. The summed E-state index contributed by atoms with van der Waals surface area (Å²) in [5, 5.41) is -0.419. The number of carbonyl (C=O) groups is 1. The van der Waals surface area contributed by atoms with Gasteiger partial charge in [-0.3, -0.25) is 4.79 Å². The Kier molecular flexibility index (Phi) is 2.98. The molecule has 0 radical (unpaired) electrons. The van der Waals surface area contributed by atoms with Crippen LogP contribution in [0.4, 0.5) is 0 Å². The van der Waals surface area contributed by atoms with E-state index < -0.39 is 15.3 Å². The van der Waals surface area contributed by atoms with Crippen molar-refractivity contribution in [1.29, 1.82) is 0 Å². The van der Waals surface area contributed by atoms with Crippen molar-refractivity contribution < 1.29 is 13.2 Å². The molecule has 6 heteroatoms. The lowest BCUT2D eigenvalue weighted by Crippen LogP contribution is -2.57. The van der Waals surface area contributed by atoms with Crippen LogP contribution in [-0.4, -0.2) is 47.5 Å². The normalized spacial score (nSPS) is 28.9. The van der Waals surface area contributed by atoms with Crippen LogP contribution in [0.5, 0.6) is 0 Å². The Morgan fingerprint density at radius 2 is 1.82 bits per heavy atom. The van der Waals surface area contributed by atoms with Gasteiger partial charge in [-0.2, -0.15) is 4.31 Å². The number of rotatable bonds is 3. The minimum absolute atomic E-state index is 0.0627. The van der Waals surface area contributed by atoms with Gasteiger partial charge in [-0.25, -0.2) is 8.42 Å². The second kappa shape index (κ2) is 3.95. The molecule has 3 fully saturated rings. The van der Waals surface area contributed by atoms with Crippen molar-refractivity contribution >= 4 is 15.9 Å². The second-order valence-corrected chi connectivity index (χ2v) is 7.88. The van der Waals surface area contributed by atoms with Crippen LogP contribution in [0.25, 0.3) is 0 Å². The van der Waals surface area contributed by atoms with Crippen LogP contribution >= 0.6 is 0 Å². The van der Waals surface area contributed by atoms with Crippen molar-refractivity contribution in [2.75, 3.05) is 6.54 Å². The van der Waals surface area contributed by atoms with Crippen LogP contribution < -0.4 is 0 Å². The highest BCUT2D eigenvalue weighted by atomic mass is 32.2. The molecule has 3 aliphatic rings. The summed E-state index contributed by atoms with van der Waals surface area (Å²) in [4.78, 5) is 13.7. The first-order valence-corrected chi connectivity index (χ1v) is 7.60. The number of nitrogens with zero attached hydrogens (tertiary/aromatic N) is 2. The van der Waals surface area contributed by atoms with Crippen LogP contribution in [0.1, 0.15) is 34.1 Å². The van der Waals surface area contributed by atoms with E-state index in [1.807, 2.05) is 13.8 Å². The van der Waals surface area contributed by atoms with Crippen molar-refractivity contribution in [3.63, 3.8) is 0 Å². The lowest BCUT2D eigenvalue weighted by atomic mass is 10.0. The molecule has 1 amide bonds. The average Bonchev–Trinajstić information content (AvgIpc) is 2.74. The number of hydrogen-bond donors (Lipinski definition) is 0. The Morgan fingerprint density at radius 3 is 2.29 bits per heavy atom. The molecule has 0 saturated carbocycles. The molecule has 98 valence electrons. The number of carbonyl (C=O) groups excluding carboxylic acids is 1. The third-order valence-corrected chi connectivity index (χ3v) is 5.83. The SMILES string of the molecule is CC(C)C(=O)N1C2CC1N(S(=O)(=O)C(C)C)C2. The highest BCUT2D eigenvalue weighted by Gasteiger charge is 2.56. The predicted molar refractivity (Wildman–Crippen MR) is 64.6 cm³/mol. The topological polar surface area (TPSA) is 57.7 Å². The van der Waals surface area contributed by atoms with Gasteiger partial charge in [0.15, 0.2) is 0 Å². The molecule has 0 N–H and O–H groups in total. The Hall–Kier alpha value is -0.620. The maximum Gasteiger partial charge on any atom is 0.226 e. The Labute approximate surface area is 103 Å². The van der Waals surface area contributed by atoms with Crippen LogP contribution in [-0.2, 0) is 14.8 Å². The molecule has 2 unspecified atom stereocenters. The molecular formula is C11H20N2O3S. The van der Waals surface area contributed by atoms with Crippen molar-refractivity contribution in [3.05, 3.63) is 0 Å². The minimum atomic E-state index is -3.24. The molecule has 2 bridgehead atoms.